The third-order valence-corrected chi connectivity index (χ3v) is 4.20. The van der Waals surface area contributed by atoms with Gasteiger partial charge in [-0.05, 0) is 33.1 Å². The van der Waals surface area contributed by atoms with Crippen LogP contribution in [0.5, 0.6) is 0 Å². The Morgan fingerprint density at radius 1 is 1.30 bits per heavy atom. The molecule has 0 aliphatic carbocycles. The zero-order chi connectivity index (χ0) is 15.2. The predicted octanol–water partition coefficient (Wildman–Crippen LogP) is 1.45. The third kappa shape index (κ3) is 5.98. The van der Waals surface area contributed by atoms with Gasteiger partial charge < -0.3 is 10.2 Å². The second kappa shape index (κ2) is 7.71. The van der Waals surface area contributed by atoms with Crippen molar-refractivity contribution in [3.8, 4) is 0 Å². The maximum Gasteiger partial charge on any atom is 0.148 e. The first-order valence-electron chi connectivity index (χ1n) is 6.61. The monoisotopic (exact) mass is 302 g/mol. The van der Waals surface area contributed by atoms with Crippen molar-refractivity contribution in [2.45, 2.75) is 12.5 Å². The summed E-state index contributed by atoms with van der Waals surface area (Å²) < 4.78 is 35.9. The largest absolute Gasteiger partial charge is 0.313 e. The Hall–Kier alpha value is -0.980. The highest BCUT2D eigenvalue weighted by molar-refractivity contribution is 7.90. The molecule has 0 bridgehead atoms. The molecule has 0 amide bonds. The maximum absolute atomic E-state index is 13.7. The fourth-order valence-corrected chi connectivity index (χ4v) is 2.64. The van der Waals surface area contributed by atoms with E-state index in [4.69, 9.17) is 0 Å². The van der Waals surface area contributed by atoms with Crippen LogP contribution in [0.2, 0.25) is 0 Å². The van der Waals surface area contributed by atoms with Crippen molar-refractivity contribution in [2.24, 2.45) is 0 Å². The zero-order valence-corrected chi connectivity index (χ0v) is 13.1. The number of nitrogens with zero attached hydrogens (tertiary/aromatic N) is 1. The number of hydrogen-bond acceptors (Lipinski definition) is 4. The number of rotatable bonds is 8. The van der Waals surface area contributed by atoms with E-state index in [-0.39, 0.29) is 17.6 Å². The minimum atomic E-state index is -2.94. The molecule has 0 radical (unpaired) electrons. The fraction of sp³-hybridized carbons (Fsp3) is 0.571. The van der Waals surface area contributed by atoms with Crippen LogP contribution in [-0.2, 0) is 9.84 Å². The summed E-state index contributed by atoms with van der Waals surface area (Å²) in [4.78, 5) is 1.95. The molecule has 0 saturated carbocycles. The van der Waals surface area contributed by atoms with Gasteiger partial charge in [0.25, 0.3) is 0 Å². The van der Waals surface area contributed by atoms with Gasteiger partial charge in [0.2, 0.25) is 0 Å². The van der Waals surface area contributed by atoms with Crippen molar-refractivity contribution in [1.82, 2.24) is 10.2 Å². The first kappa shape index (κ1) is 17.1. The van der Waals surface area contributed by atoms with E-state index < -0.39 is 9.84 Å². The Morgan fingerprint density at radius 3 is 2.50 bits per heavy atom. The van der Waals surface area contributed by atoms with E-state index in [0.717, 1.165) is 6.42 Å². The lowest BCUT2D eigenvalue weighted by molar-refractivity contribution is 0.324. The molecular weight excluding hydrogens is 279 g/mol. The van der Waals surface area contributed by atoms with Gasteiger partial charge in [-0.3, -0.25) is 0 Å². The van der Waals surface area contributed by atoms with Gasteiger partial charge in [-0.15, -0.1) is 0 Å². The molecule has 20 heavy (non-hydrogen) atoms. The number of hydrogen-bond donors (Lipinski definition) is 1. The highest BCUT2D eigenvalue weighted by Crippen LogP contribution is 2.19. The van der Waals surface area contributed by atoms with Gasteiger partial charge in [0, 0.05) is 24.4 Å². The molecule has 1 aromatic carbocycles. The molecule has 6 heteroatoms. The predicted molar refractivity (Wildman–Crippen MR) is 80.0 cm³/mol. The van der Waals surface area contributed by atoms with Crippen LogP contribution < -0.4 is 5.32 Å². The summed E-state index contributed by atoms with van der Waals surface area (Å²) >= 11 is 0. The number of benzene rings is 1. The molecule has 0 fully saturated rings. The summed E-state index contributed by atoms with van der Waals surface area (Å²) in [6, 6.07) is 6.64. The summed E-state index contributed by atoms with van der Waals surface area (Å²) in [5, 5.41) is 3.10. The van der Waals surface area contributed by atoms with Gasteiger partial charge in [0.15, 0.2) is 0 Å². The molecule has 114 valence electrons. The summed E-state index contributed by atoms with van der Waals surface area (Å²) in [6.07, 6.45) is 1.95. The molecule has 1 unspecified atom stereocenters. The lowest BCUT2D eigenvalue weighted by Crippen LogP contribution is -2.29. The fourth-order valence-electron chi connectivity index (χ4n) is 2.00. The Morgan fingerprint density at radius 2 is 1.95 bits per heavy atom. The van der Waals surface area contributed by atoms with Crippen molar-refractivity contribution >= 4 is 9.84 Å². The van der Waals surface area contributed by atoms with Gasteiger partial charge >= 0.3 is 0 Å². The van der Waals surface area contributed by atoms with Crippen molar-refractivity contribution in [1.29, 1.82) is 0 Å². The van der Waals surface area contributed by atoms with E-state index in [0.29, 0.717) is 18.7 Å². The molecule has 1 N–H and O–H groups in total. The lowest BCUT2D eigenvalue weighted by Gasteiger charge is -2.21. The van der Waals surface area contributed by atoms with Gasteiger partial charge in [-0.1, -0.05) is 18.2 Å². The van der Waals surface area contributed by atoms with Gasteiger partial charge in [0.1, 0.15) is 15.7 Å². The lowest BCUT2D eigenvalue weighted by atomic mass is 10.0. The smallest absolute Gasteiger partial charge is 0.148 e. The molecule has 1 aromatic rings. The highest BCUT2D eigenvalue weighted by atomic mass is 32.2. The second-order valence-electron chi connectivity index (χ2n) is 5.08. The summed E-state index contributed by atoms with van der Waals surface area (Å²) in [6.45, 7) is 1.20. The topological polar surface area (TPSA) is 49.4 Å². The Labute approximate surface area is 120 Å². The van der Waals surface area contributed by atoms with E-state index in [1.54, 1.807) is 19.2 Å². The van der Waals surface area contributed by atoms with Crippen LogP contribution in [0.3, 0.4) is 0 Å². The molecule has 0 aromatic heterocycles. The van der Waals surface area contributed by atoms with E-state index in [1.807, 2.05) is 18.0 Å². The van der Waals surface area contributed by atoms with Gasteiger partial charge in [-0.2, -0.15) is 0 Å². The van der Waals surface area contributed by atoms with E-state index in [9.17, 15) is 12.8 Å². The van der Waals surface area contributed by atoms with Crippen molar-refractivity contribution in [2.75, 3.05) is 39.2 Å². The molecule has 4 nitrogen and oxygen atoms in total. The van der Waals surface area contributed by atoms with Gasteiger partial charge in [0.05, 0.1) is 5.75 Å². The van der Waals surface area contributed by atoms with Crippen LogP contribution >= 0.6 is 0 Å². The maximum atomic E-state index is 13.7. The number of halogens is 1. The van der Waals surface area contributed by atoms with Crippen molar-refractivity contribution < 1.29 is 12.8 Å². The molecule has 0 spiro atoms. The van der Waals surface area contributed by atoms with Crippen LogP contribution in [-0.4, -0.2) is 52.5 Å². The second-order valence-corrected chi connectivity index (χ2v) is 7.34. The zero-order valence-electron chi connectivity index (χ0n) is 12.3. The van der Waals surface area contributed by atoms with Gasteiger partial charge in [-0.25, -0.2) is 12.8 Å². The van der Waals surface area contributed by atoms with Crippen molar-refractivity contribution in [3.63, 3.8) is 0 Å². The SMILES string of the molecule is CNC(CCN(C)CCS(C)(=O)=O)c1ccccc1F. The van der Waals surface area contributed by atoms with Crippen LogP contribution in [0, 0.1) is 5.82 Å². The van der Waals surface area contributed by atoms with Crippen LogP contribution in [0.1, 0.15) is 18.0 Å². The first-order valence-corrected chi connectivity index (χ1v) is 8.67. The van der Waals surface area contributed by atoms with E-state index in [2.05, 4.69) is 5.32 Å². The van der Waals surface area contributed by atoms with Crippen LogP contribution in [0.4, 0.5) is 4.39 Å². The molecular formula is C14H23FN2O2S. The van der Waals surface area contributed by atoms with Crippen molar-refractivity contribution in [3.05, 3.63) is 35.6 Å². The molecule has 0 saturated heterocycles. The van der Waals surface area contributed by atoms with E-state index >= 15 is 0 Å². The molecule has 1 atom stereocenters. The summed E-state index contributed by atoms with van der Waals surface area (Å²) in [7, 11) is 0.734. The Bertz CT molecular complexity index is 520. The molecule has 1 rings (SSSR count). The van der Waals surface area contributed by atoms with E-state index in [1.165, 1.54) is 12.3 Å². The standard InChI is InChI=1S/C14H23FN2O2S/c1-16-14(12-6-4-5-7-13(12)15)8-9-17(2)10-11-20(3,18)19/h4-7,14,16H,8-11H2,1-3H3. The Balaban J connectivity index is 2.52. The quantitative estimate of drug-likeness (QED) is 0.790. The Kier molecular flexibility index (Phi) is 6.58. The summed E-state index contributed by atoms with van der Waals surface area (Å²) in [5.41, 5.74) is 0.645. The molecule has 0 aliphatic rings. The minimum absolute atomic E-state index is 0.0723. The number of nitrogens with one attached hydrogen (secondary N) is 1. The average molecular weight is 302 g/mol. The highest BCUT2D eigenvalue weighted by Gasteiger charge is 2.14. The van der Waals surface area contributed by atoms with Crippen LogP contribution in [0.15, 0.2) is 24.3 Å². The molecule has 0 heterocycles. The molecule has 0 aliphatic heterocycles. The normalized spacial score (nSPS) is 13.7. The van der Waals surface area contributed by atoms with Crippen LogP contribution in [0.25, 0.3) is 0 Å². The third-order valence-electron chi connectivity index (χ3n) is 3.27. The minimum Gasteiger partial charge on any atom is -0.313 e. The first-order chi connectivity index (χ1) is 9.33. The average Bonchev–Trinajstić information content (AvgIpc) is 2.38. The summed E-state index contributed by atoms with van der Waals surface area (Å²) in [5.74, 6) is -0.0708. The number of sulfone groups is 1.